The Kier molecular flexibility index (Phi) is 10.4. The van der Waals surface area contributed by atoms with E-state index >= 15 is 0 Å². The molecule has 4 atom stereocenters. The van der Waals surface area contributed by atoms with Crippen LogP contribution in [0.3, 0.4) is 0 Å². The number of aromatic carboxylic acids is 1. The summed E-state index contributed by atoms with van der Waals surface area (Å²) in [6.07, 6.45) is -0.0175. The van der Waals surface area contributed by atoms with Crippen LogP contribution in [0.15, 0.2) is 90.3 Å². The number of carboxylic acids is 1. The highest BCUT2D eigenvalue weighted by molar-refractivity contribution is 7.99. The number of amides is 1. The van der Waals surface area contributed by atoms with Gasteiger partial charge in [-0.15, -0.1) is 11.8 Å². The molecule has 1 fully saturated rings. The van der Waals surface area contributed by atoms with Crippen LogP contribution in [0.2, 0.25) is 0 Å². The van der Waals surface area contributed by atoms with Gasteiger partial charge in [0, 0.05) is 28.7 Å². The van der Waals surface area contributed by atoms with E-state index in [0.29, 0.717) is 12.3 Å². The van der Waals surface area contributed by atoms with Crippen molar-refractivity contribution in [2.45, 2.75) is 43.5 Å². The molecule has 1 aliphatic rings. The quantitative estimate of drug-likeness (QED) is 0.196. The van der Waals surface area contributed by atoms with Gasteiger partial charge >= 0.3 is 12.1 Å². The van der Waals surface area contributed by atoms with Gasteiger partial charge < -0.3 is 29.7 Å². The molecule has 1 amide bonds. The monoisotopic (exact) mass is 563 g/mol. The fourth-order valence-electron chi connectivity index (χ4n) is 4.33. The van der Waals surface area contributed by atoms with Gasteiger partial charge in [0.1, 0.15) is 6.61 Å². The number of aliphatic hydroxyl groups is 1. The van der Waals surface area contributed by atoms with Gasteiger partial charge in [-0.2, -0.15) is 0 Å². The average Bonchev–Trinajstić information content (AvgIpc) is 2.99. The van der Waals surface area contributed by atoms with E-state index in [2.05, 4.69) is 18.8 Å². The van der Waals surface area contributed by atoms with Crippen molar-refractivity contribution < 1.29 is 34.0 Å². The normalized spacial score (nSPS) is 20.4. The Labute approximate surface area is 238 Å². The predicted octanol–water partition coefficient (Wildman–Crippen LogP) is 5.87. The molecule has 0 unspecified atom stereocenters. The zero-order valence-corrected chi connectivity index (χ0v) is 23.0. The molecule has 0 radical (unpaired) electrons. The number of aliphatic hydroxyl groups excluding tert-OH is 1. The topological polar surface area (TPSA) is 114 Å². The van der Waals surface area contributed by atoms with Crippen molar-refractivity contribution in [2.24, 2.45) is 5.92 Å². The Bertz CT molecular complexity index is 1280. The maximum Gasteiger partial charge on any atom is 0.407 e. The van der Waals surface area contributed by atoms with E-state index in [1.807, 2.05) is 48.5 Å². The Morgan fingerprint density at radius 2 is 1.62 bits per heavy atom. The van der Waals surface area contributed by atoms with E-state index in [1.165, 1.54) is 6.08 Å². The third-order valence-corrected chi connectivity index (χ3v) is 7.76. The highest BCUT2D eigenvalue weighted by Gasteiger charge is 2.38. The van der Waals surface area contributed by atoms with Crippen LogP contribution in [0.5, 0.6) is 0 Å². The van der Waals surface area contributed by atoms with Crippen LogP contribution in [0.25, 0.3) is 0 Å². The number of alkyl carbamates (subject to hydrolysis) is 1. The maximum absolute atomic E-state index is 11.7. The van der Waals surface area contributed by atoms with Crippen molar-refractivity contribution >= 4 is 23.8 Å². The van der Waals surface area contributed by atoms with Crippen molar-refractivity contribution in [3.05, 3.63) is 113 Å². The Hall–Kier alpha value is -3.63. The van der Waals surface area contributed by atoms with Gasteiger partial charge in [0.15, 0.2) is 6.29 Å². The summed E-state index contributed by atoms with van der Waals surface area (Å²) in [6.45, 7) is 6.06. The van der Waals surface area contributed by atoms with Gasteiger partial charge in [-0.05, 0) is 41.0 Å². The summed E-state index contributed by atoms with van der Waals surface area (Å²) in [7, 11) is 0. The number of rotatable bonds is 11. The minimum absolute atomic E-state index is 0.0204. The molecule has 0 aromatic heterocycles. The number of hydrogen-bond donors (Lipinski definition) is 3. The van der Waals surface area contributed by atoms with Crippen LogP contribution in [0.4, 0.5) is 4.79 Å². The van der Waals surface area contributed by atoms with Crippen LogP contribution in [0, 0.1) is 5.92 Å². The summed E-state index contributed by atoms with van der Waals surface area (Å²) in [6, 6.07) is 22.2. The number of carboxylic acid groups (broad SMARTS) is 1. The lowest BCUT2D eigenvalue weighted by Gasteiger charge is -2.41. The van der Waals surface area contributed by atoms with Crippen LogP contribution in [-0.2, 0) is 27.4 Å². The summed E-state index contributed by atoms with van der Waals surface area (Å²) in [5.41, 5.74) is 3.82. The van der Waals surface area contributed by atoms with E-state index < -0.39 is 18.4 Å². The summed E-state index contributed by atoms with van der Waals surface area (Å²) >= 11 is 1.60. The lowest BCUT2D eigenvalue weighted by Crippen LogP contribution is -2.38. The van der Waals surface area contributed by atoms with E-state index in [0.717, 1.165) is 27.1 Å². The van der Waals surface area contributed by atoms with Gasteiger partial charge in [-0.3, -0.25) is 0 Å². The van der Waals surface area contributed by atoms with Crippen LogP contribution < -0.4 is 5.32 Å². The first-order chi connectivity index (χ1) is 19.4. The second-order valence-corrected chi connectivity index (χ2v) is 10.5. The molecule has 4 rings (SSSR count). The number of nitrogens with one attached hydrogen (secondary N) is 1. The molecule has 3 aromatic carbocycles. The second kappa shape index (κ2) is 14.1. The van der Waals surface area contributed by atoms with E-state index in [-0.39, 0.29) is 36.9 Å². The van der Waals surface area contributed by atoms with Crippen LogP contribution >= 0.6 is 11.8 Å². The molecule has 1 aliphatic heterocycles. The zero-order chi connectivity index (χ0) is 28.5. The number of hydrogen-bond acceptors (Lipinski definition) is 7. The lowest BCUT2D eigenvalue weighted by atomic mass is 9.91. The molecule has 3 aromatic rings. The number of thioether (sulfide) groups is 1. The molecule has 0 spiro atoms. The highest BCUT2D eigenvalue weighted by Crippen LogP contribution is 2.43. The highest BCUT2D eigenvalue weighted by atomic mass is 32.2. The maximum atomic E-state index is 11.7. The van der Waals surface area contributed by atoms with E-state index in [4.69, 9.17) is 14.2 Å². The standard InChI is InChI=1S/C31H33NO7S/c1-3-16-37-31(36)32-17-21-4-10-25(11-5-21)30-38-27(19-40-26-14-12-24(13-15-26)29(34)35)20(2)28(39-30)23-8-6-22(18-33)7-9-23/h3-15,20,27-28,30,33H,1,16-19H2,2H3,(H,32,36)(H,34,35)/t20-,27+,28+,30+/m0/s1. The molecular formula is C31H33NO7S. The first kappa shape index (κ1) is 29.4. The lowest BCUT2D eigenvalue weighted by molar-refractivity contribution is -0.268. The summed E-state index contributed by atoms with van der Waals surface area (Å²) in [5.74, 6) is -0.287. The molecule has 210 valence electrons. The summed E-state index contributed by atoms with van der Waals surface area (Å²) in [5, 5.41) is 21.3. The van der Waals surface area contributed by atoms with Gasteiger partial charge in [-0.1, -0.05) is 68.1 Å². The third-order valence-electron chi connectivity index (χ3n) is 6.66. The number of benzene rings is 3. The molecule has 0 aliphatic carbocycles. The fraction of sp³-hybridized carbons (Fsp3) is 0.290. The van der Waals surface area contributed by atoms with E-state index in [9.17, 15) is 19.8 Å². The van der Waals surface area contributed by atoms with Crippen molar-refractivity contribution in [2.75, 3.05) is 12.4 Å². The largest absolute Gasteiger partial charge is 0.478 e. The minimum Gasteiger partial charge on any atom is -0.478 e. The van der Waals surface area contributed by atoms with Crippen LogP contribution in [0.1, 0.15) is 51.9 Å². The third kappa shape index (κ3) is 7.73. The van der Waals surface area contributed by atoms with E-state index in [1.54, 1.807) is 36.0 Å². The Balaban J connectivity index is 1.49. The second-order valence-electron chi connectivity index (χ2n) is 9.44. The van der Waals surface area contributed by atoms with Gasteiger partial charge in [-0.25, -0.2) is 9.59 Å². The minimum atomic E-state index is -0.953. The first-order valence-corrected chi connectivity index (χ1v) is 13.9. The Morgan fingerprint density at radius 3 is 2.25 bits per heavy atom. The number of carbonyl (C=O) groups excluding carboxylic acids is 1. The van der Waals surface area contributed by atoms with Crippen LogP contribution in [-0.4, -0.2) is 40.7 Å². The number of ether oxygens (including phenoxy) is 3. The molecule has 1 saturated heterocycles. The number of carbonyl (C=O) groups is 2. The molecule has 0 bridgehead atoms. The Morgan fingerprint density at radius 1 is 0.975 bits per heavy atom. The predicted molar refractivity (Wildman–Crippen MR) is 152 cm³/mol. The first-order valence-electron chi connectivity index (χ1n) is 12.9. The molecule has 0 saturated carbocycles. The average molecular weight is 564 g/mol. The molecule has 1 heterocycles. The van der Waals surface area contributed by atoms with Gasteiger partial charge in [0.05, 0.1) is 24.4 Å². The molecule has 9 heteroatoms. The van der Waals surface area contributed by atoms with Gasteiger partial charge in [0.25, 0.3) is 0 Å². The SMILES string of the molecule is C=CCOC(=O)NCc1ccc([C@@H]2O[C@H](CSc3ccc(C(=O)O)cc3)[C@H](C)[C@H](c3ccc(CO)cc3)O2)cc1. The fourth-order valence-corrected chi connectivity index (χ4v) is 5.40. The molecule has 3 N–H and O–H groups in total. The molecular weight excluding hydrogens is 530 g/mol. The summed E-state index contributed by atoms with van der Waals surface area (Å²) < 4.78 is 17.9. The smallest absolute Gasteiger partial charge is 0.407 e. The van der Waals surface area contributed by atoms with Gasteiger partial charge in [0.2, 0.25) is 0 Å². The van der Waals surface area contributed by atoms with Crippen molar-refractivity contribution in [3.8, 4) is 0 Å². The zero-order valence-electron chi connectivity index (χ0n) is 22.2. The molecule has 8 nitrogen and oxygen atoms in total. The molecule has 40 heavy (non-hydrogen) atoms. The van der Waals surface area contributed by atoms with Crippen molar-refractivity contribution in [3.63, 3.8) is 0 Å². The van der Waals surface area contributed by atoms with Crippen molar-refractivity contribution in [1.29, 1.82) is 0 Å². The summed E-state index contributed by atoms with van der Waals surface area (Å²) in [4.78, 5) is 23.9. The van der Waals surface area contributed by atoms with Crippen molar-refractivity contribution in [1.82, 2.24) is 5.32 Å².